The number of hydrogen-bond donors (Lipinski definition) is 1. The van der Waals surface area contributed by atoms with E-state index >= 15 is 0 Å². The molecule has 1 aromatic carbocycles. The van der Waals surface area contributed by atoms with Crippen LogP contribution < -0.4 is 15.4 Å². The van der Waals surface area contributed by atoms with Crippen LogP contribution in [0.1, 0.15) is 12.0 Å². The summed E-state index contributed by atoms with van der Waals surface area (Å²) in [6.45, 7) is 0.174. The molecule has 0 fully saturated rings. The first-order valence-electron chi connectivity index (χ1n) is 4.94. The van der Waals surface area contributed by atoms with Gasteiger partial charge in [0.15, 0.2) is 0 Å². The molecule has 2 rings (SSSR count). The van der Waals surface area contributed by atoms with Crippen molar-refractivity contribution in [3.8, 4) is 5.75 Å². The molecule has 0 atom stereocenters. The maximum Gasteiger partial charge on any atom is 0.227 e. The molecule has 1 aliphatic heterocycles. The summed E-state index contributed by atoms with van der Waals surface area (Å²) >= 11 is 0. The summed E-state index contributed by atoms with van der Waals surface area (Å²) in [4.78, 5) is 13.1. The Bertz CT molecular complexity index is 390. The van der Waals surface area contributed by atoms with E-state index in [1.54, 1.807) is 11.9 Å². The highest BCUT2D eigenvalue weighted by molar-refractivity contribution is 5.95. The average Bonchev–Trinajstić information content (AvgIpc) is 2.24. The van der Waals surface area contributed by atoms with Gasteiger partial charge in [-0.2, -0.15) is 0 Å². The van der Waals surface area contributed by atoms with Crippen LogP contribution >= 0.6 is 0 Å². The van der Waals surface area contributed by atoms with Crippen LogP contribution in [0.2, 0.25) is 0 Å². The molecule has 1 heterocycles. The molecule has 1 aromatic rings. The highest BCUT2D eigenvalue weighted by atomic mass is 16.5. The van der Waals surface area contributed by atoms with E-state index in [4.69, 9.17) is 10.5 Å². The van der Waals surface area contributed by atoms with Crippen LogP contribution in [0.4, 0.5) is 5.69 Å². The first-order chi connectivity index (χ1) is 7.22. The van der Waals surface area contributed by atoms with Gasteiger partial charge in [-0.15, -0.1) is 0 Å². The topological polar surface area (TPSA) is 55.6 Å². The van der Waals surface area contributed by atoms with E-state index in [9.17, 15) is 4.79 Å². The molecule has 15 heavy (non-hydrogen) atoms. The van der Waals surface area contributed by atoms with E-state index in [-0.39, 0.29) is 12.6 Å². The number of carbonyl (C=O) groups is 1. The Labute approximate surface area is 88.6 Å². The Morgan fingerprint density at radius 2 is 2.27 bits per heavy atom. The zero-order valence-corrected chi connectivity index (χ0v) is 8.69. The fourth-order valence-corrected chi connectivity index (χ4v) is 1.82. The SMILES string of the molecule is CN1C(=O)CCc2cc(OCN)ccc21. The number of carbonyl (C=O) groups excluding carboxylic acids is 1. The van der Waals surface area contributed by atoms with Gasteiger partial charge in [0.25, 0.3) is 0 Å². The zero-order chi connectivity index (χ0) is 10.8. The van der Waals surface area contributed by atoms with Gasteiger partial charge in [-0.3, -0.25) is 10.5 Å². The monoisotopic (exact) mass is 206 g/mol. The van der Waals surface area contributed by atoms with Gasteiger partial charge >= 0.3 is 0 Å². The fraction of sp³-hybridized carbons (Fsp3) is 0.364. The Hall–Kier alpha value is -1.55. The van der Waals surface area contributed by atoms with E-state index in [1.807, 2.05) is 18.2 Å². The highest BCUT2D eigenvalue weighted by Crippen LogP contribution is 2.29. The molecule has 4 nitrogen and oxygen atoms in total. The van der Waals surface area contributed by atoms with E-state index < -0.39 is 0 Å². The molecule has 0 aliphatic carbocycles. The lowest BCUT2D eigenvalue weighted by atomic mass is 10.0. The first-order valence-corrected chi connectivity index (χ1v) is 4.94. The molecule has 0 unspecified atom stereocenters. The van der Waals surface area contributed by atoms with Crippen molar-refractivity contribution < 1.29 is 9.53 Å². The molecular formula is C11H14N2O2. The van der Waals surface area contributed by atoms with Crippen LogP contribution in [0.3, 0.4) is 0 Å². The Morgan fingerprint density at radius 1 is 1.47 bits per heavy atom. The molecule has 80 valence electrons. The van der Waals surface area contributed by atoms with Crippen molar-refractivity contribution in [1.82, 2.24) is 0 Å². The number of anilines is 1. The third-order valence-corrected chi connectivity index (χ3v) is 2.64. The normalized spacial score (nSPS) is 15.1. The average molecular weight is 206 g/mol. The third-order valence-electron chi connectivity index (χ3n) is 2.64. The maximum absolute atomic E-state index is 11.4. The lowest BCUT2D eigenvalue weighted by molar-refractivity contribution is -0.118. The number of amides is 1. The van der Waals surface area contributed by atoms with Crippen LogP contribution in [0, 0.1) is 0 Å². The lowest BCUT2D eigenvalue weighted by Crippen LogP contribution is -2.31. The van der Waals surface area contributed by atoms with Gasteiger partial charge < -0.3 is 9.64 Å². The minimum Gasteiger partial charge on any atom is -0.479 e. The predicted molar refractivity (Wildman–Crippen MR) is 57.9 cm³/mol. The van der Waals surface area contributed by atoms with Crippen molar-refractivity contribution in [2.24, 2.45) is 5.73 Å². The molecule has 0 radical (unpaired) electrons. The van der Waals surface area contributed by atoms with Gasteiger partial charge in [-0.05, 0) is 30.2 Å². The van der Waals surface area contributed by atoms with Gasteiger partial charge in [-0.25, -0.2) is 0 Å². The molecule has 1 amide bonds. The predicted octanol–water partition coefficient (Wildman–Crippen LogP) is 0.891. The summed E-state index contributed by atoms with van der Waals surface area (Å²) in [6, 6.07) is 5.68. The Kier molecular flexibility index (Phi) is 2.60. The maximum atomic E-state index is 11.4. The number of rotatable bonds is 2. The molecule has 1 aliphatic rings. The summed E-state index contributed by atoms with van der Waals surface area (Å²) in [5.41, 5.74) is 7.41. The molecule has 0 saturated heterocycles. The largest absolute Gasteiger partial charge is 0.479 e. The van der Waals surface area contributed by atoms with Crippen molar-refractivity contribution in [3.63, 3.8) is 0 Å². The zero-order valence-electron chi connectivity index (χ0n) is 8.69. The van der Waals surface area contributed by atoms with Crippen LogP contribution in [0.25, 0.3) is 0 Å². The van der Waals surface area contributed by atoms with Crippen molar-refractivity contribution in [3.05, 3.63) is 23.8 Å². The second-order valence-corrected chi connectivity index (χ2v) is 3.55. The van der Waals surface area contributed by atoms with Crippen LogP contribution in [-0.2, 0) is 11.2 Å². The smallest absolute Gasteiger partial charge is 0.227 e. The lowest BCUT2D eigenvalue weighted by Gasteiger charge is -2.25. The summed E-state index contributed by atoms with van der Waals surface area (Å²) in [5, 5.41) is 0. The molecule has 0 bridgehead atoms. The molecule has 4 heteroatoms. The van der Waals surface area contributed by atoms with Crippen molar-refractivity contribution >= 4 is 11.6 Å². The number of fused-ring (bicyclic) bond motifs is 1. The van der Waals surface area contributed by atoms with Crippen molar-refractivity contribution in [2.75, 3.05) is 18.7 Å². The highest BCUT2D eigenvalue weighted by Gasteiger charge is 2.20. The summed E-state index contributed by atoms with van der Waals surface area (Å²) in [7, 11) is 1.80. The summed E-state index contributed by atoms with van der Waals surface area (Å²) < 4.78 is 5.21. The fourth-order valence-electron chi connectivity index (χ4n) is 1.82. The molecule has 0 spiro atoms. The number of hydrogen-bond acceptors (Lipinski definition) is 3. The number of aryl methyl sites for hydroxylation is 1. The van der Waals surface area contributed by atoms with Crippen LogP contribution in [0.5, 0.6) is 5.75 Å². The molecule has 0 saturated carbocycles. The summed E-state index contributed by atoms with van der Waals surface area (Å²) in [5.74, 6) is 0.925. The van der Waals surface area contributed by atoms with Gasteiger partial charge in [-0.1, -0.05) is 0 Å². The van der Waals surface area contributed by atoms with E-state index in [1.165, 1.54) is 0 Å². The number of nitrogens with zero attached hydrogens (tertiary/aromatic N) is 1. The number of ether oxygens (including phenoxy) is 1. The number of nitrogens with two attached hydrogens (primary N) is 1. The quantitative estimate of drug-likeness (QED) is 0.731. The van der Waals surface area contributed by atoms with E-state index in [0.717, 1.165) is 23.4 Å². The molecular weight excluding hydrogens is 192 g/mol. The van der Waals surface area contributed by atoms with Gasteiger partial charge in [0, 0.05) is 19.2 Å². The van der Waals surface area contributed by atoms with Gasteiger partial charge in [0.1, 0.15) is 12.5 Å². The first kappa shape index (κ1) is 9.98. The Balaban J connectivity index is 2.34. The van der Waals surface area contributed by atoms with Crippen LogP contribution in [0.15, 0.2) is 18.2 Å². The van der Waals surface area contributed by atoms with Crippen molar-refractivity contribution in [1.29, 1.82) is 0 Å². The standard InChI is InChI=1S/C11H14N2O2/c1-13-10-4-3-9(15-7-12)6-8(10)2-5-11(13)14/h3-4,6H,2,5,7,12H2,1H3. The van der Waals surface area contributed by atoms with E-state index in [0.29, 0.717) is 6.42 Å². The minimum absolute atomic E-state index is 0.162. The second-order valence-electron chi connectivity index (χ2n) is 3.55. The van der Waals surface area contributed by atoms with E-state index in [2.05, 4.69) is 0 Å². The second kappa shape index (κ2) is 3.90. The molecule has 2 N–H and O–H groups in total. The minimum atomic E-state index is 0.162. The third kappa shape index (κ3) is 1.80. The molecule has 0 aromatic heterocycles. The van der Waals surface area contributed by atoms with Gasteiger partial charge in [0.05, 0.1) is 0 Å². The van der Waals surface area contributed by atoms with Gasteiger partial charge in [0.2, 0.25) is 5.91 Å². The van der Waals surface area contributed by atoms with Crippen LogP contribution in [-0.4, -0.2) is 19.7 Å². The van der Waals surface area contributed by atoms with Crippen molar-refractivity contribution in [2.45, 2.75) is 12.8 Å². The number of benzene rings is 1. The summed E-state index contributed by atoms with van der Waals surface area (Å²) in [6.07, 6.45) is 1.34. The Morgan fingerprint density at radius 3 is 3.00 bits per heavy atom.